The van der Waals surface area contributed by atoms with Crippen LogP contribution in [0, 0.1) is 0 Å². The lowest BCUT2D eigenvalue weighted by molar-refractivity contribution is -0.346. The molecule has 1 fully saturated rings. The smallest absolute Gasteiger partial charge is 0.380 e. The Kier molecular flexibility index (Phi) is 6.58. The quantitative estimate of drug-likeness (QED) is 0.451. The number of halogens is 8. The normalized spacial score (nSPS) is 20.9. The van der Waals surface area contributed by atoms with Gasteiger partial charge in [-0.1, -0.05) is 0 Å². The predicted octanol–water partition coefficient (Wildman–Crippen LogP) is 1.95. The van der Waals surface area contributed by atoms with Crippen molar-refractivity contribution < 1.29 is 54.4 Å². The second-order valence-corrected chi connectivity index (χ2v) is 4.81. The lowest BCUT2D eigenvalue weighted by atomic mass is 10.1. The highest BCUT2D eigenvalue weighted by atomic mass is 19.4. The zero-order chi connectivity index (χ0) is 17.9. The highest BCUT2D eigenvalue weighted by Crippen LogP contribution is 2.48. The molecule has 1 rings (SSSR count). The minimum absolute atomic E-state index is 0.00933. The Hall–Kier alpha value is -0.720. The number of alkyl halides is 8. The molecule has 12 heteroatoms. The third-order valence-corrected chi connectivity index (χ3v) is 2.86. The van der Waals surface area contributed by atoms with Crippen molar-refractivity contribution in [2.45, 2.75) is 36.4 Å². The summed E-state index contributed by atoms with van der Waals surface area (Å²) < 4.78 is 115. The number of hydrogen-bond donors (Lipinski definition) is 1. The summed E-state index contributed by atoms with van der Waals surface area (Å²) in [5.41, 5.74) is 0. The minimum atomic E-state index is -6.31. The van der Waals surface area contributed by atoms with E-state index in [1.165, 1.54) is 0 Å². The molecule has 0 amide bonds. The molecule has 2 unspecified atom stereocenters. The maximum atomic E-state index is 13.1. The van der Waals surface area contributed by atoms with Crippen LogP contribution in [0.2, 0.25) is 0 Å². The van der Waals surface area contributed by atoms with E-state index < -0.39 is 50.1 Å². The first kappa shape index (κ1) is 20.3. The fraction of sp³-hybridized carbons (Fsp3) is 1.00. The molecular weight excluding hydrogens is 348 g/mol. The number of epoxide rings is 1. The molecule has 0 aromatic heterocycles. The molecule has 1 heterocycles. The van der Waals surface area contributed by atoms with Crippen molar-refractivity contribution in [3.63, 3.8) is 0 Å². The summed E-state index contributed by atoms with van der Waals surface area (Å²) >= 11 is 0. The van der Waals surface area contributed by atoms with Crippen LogP contribution in [0.5, 0.6) is 0 Å². The van der Waals surface area contributed by atoms with Crippen LogP contribution in [0.3, 0.4) is 0 Å². The molecule has 1 N–H and O–H groups in total. The number of ether oxygens (including phenoxy) is 3. The minimum Gasteiger partial charge on any atom is -0.394 e. The van der Waals surface area contributed by atoms with Crippen LogP contribution in [-0.4, -0.2) is 74.5 Å². The van der Waals surface area contributed by atoms with Crippen LogP contribution < -0.4 is 0 Å². The molecular formula is C11H14F8O4. The van der Waals surface area contributed by atoms with Gasteiger partial charge in [-0.3, -0.25) is 0 Å². The SMILES string of the molecule is OCC(COCC(F)(F)C(F)(F)C(F)(F)C(F)F)OCC1CO1. The molecule has 4 nitrogen and oxygen atoms in total. The van der Waals surface area contributed by atoms with E-state index in [2.05, 4.69) is 4.74 Å². The number of rotatable bonds is 11. The van der Waals surface area contributed by atoms with Crippen molar-refractivity contribution in [3.05, 3.63) is 0 Å². The van der Waals surface area contributed by atoms with Crippen molar-refractivity contribution in [3.8, 4) is 0 Å². The second-order valence-electron chi connectivity index (χ2n) is 4.81. The van der Waals surface area contributed by atoms with Gasteiger partial charge in [0.15, 0.2) is 0 Å². The Balaban J connectivity index is 2.52. The monoisotopic (exact) mass is 362 g/mol. The third-order valence-electron chi connectivity index (χ3n) is 2.86. The molecule has 138 valence electrons. The second kappa shape index (κ2) is 7.45. The van der Waals surface area contributed by atoms with Gasteiger partial charge in [-0.25, -0.2) is 8.78 Å². The number of aliphatic hydroxyl groups is 1. The predicted molar refractivity (Wildman–Crippen MR) is 58.2 cm³/mol. The van der Waals surface area contributed by atoms with Crippen molar-refractivity contribution in [1.29, 1.82) is 0 Å². The summed E-state index contributed by atoms with van der Waals surface area (Å²) in [5, 5.41) is 8.85. The topological polar surface area (TPSA) is 51.2 Å². The Morgan fingerprint density at radius 3 is 2.13 bits per heavy atom. The van der Waals surface area contributed by atoms with Gasteiger partial charge in [-0.15, -0.1) is 0 Å². The van der Waals surface area contributed by atoms with Gasteiger partial charge < -0.3 is 19.3 Å². The molecule has 0 aromatic carbocycles. The number of hydrogen-bond acceptors (Lipinski definition) is 4. The Bertz CT molecular complexity index is 375. The average Bonchev–Trinajstić information content (AvgIpc) is 3.25. The average molecular weight is 362 g/mol. The first-order chi connectivity index (χ1) is 10.5. The molecule has 0 aromatic rings. The zero-order valence-corrected chi connectivity index (χ0v) is 11.5. The fourth-order valence-corrected chi connectivity index (χ4v) is 1.35. The van der Waals surface area contributed by atoms with E-state index in [4.69, 9.17) is 14.6 Å². The molecule has 0 spiro atoms. The first-order valence-electron chi connectivity index (χ1n) is 6.29. The van der Waals surface area contributed by atoms with Crippen LogP contribution in [0.4, 0.5) is 35.1 Å². The zero-order valence-electron chi connectivity index (χ0n) is 11.5. The van der Waals surface area contributed by atoms with E-state index in [0.29, 0.717) is 6.61 Å². The molecule has 1 saturated heterocycles. The third kappa shape index (κ3) is 4.88. The van der Waals surface area contributed by atoms with E-state index in [1.807, 2.05) is 0 Å². The van der Waals surface area contributed by atoms with E-state index in [0.717, 1.165) is 0 Å². The van der Waals surface area contributed by atoms with Crippen LogP contribution >= 0.6 is 0 Å². The summed E-state index contributed by atoms with van der Waals surface area (Å²) in [7, 11) is 0. The van der Waals surface area contributed by atoms with Gasteiger partial charge in [-0.2, -0.15) is 26.3 Å². The van der Waals surface area contributed by atoms with Crippen LogP contribution in [0.15, 0.2) is 0 Å². The number of aliphatic hydroxyl groups excluding tert-OH is 1. The Morgan fingerprint density at radius 1 is 1.13 bits per heavy atom. The van der Waals surface area contributed by atoms with Crippen LogP contribution in [0.1, 0.15) is 0 Å². The van der Waals surface area contributed by atoms with Gasteiger partial charge in [-0.05, 0) is 0 Å². The highest BCUT2D eigenvalue weighted by molar-refractivity contribution is 4.97. The van der Waals surface area contributed by atoms with Gasteiger partial charge >= 0.3 is 24.2 Å². The first-order valence-corrected chi connectivity index (χ1v) is 6.29. The standard InChI is InChI=1S/C11H14F8O4/c12-8(13)10(16,17)11(18,19)9(14,15)5-21-2-6(1-20)22-3-7-4-23-7/h6-8,20H,1-5H2. The summed E-state index contributed by atoms with van der Waals surface area (Å²) in [6.45, 7) is -3.41. The van der Waals surface area contributed by atoms with E-state index >= 15 is 0 Å². The molecule has 0 bridgehead atoms. The summed E-state index contributed by atoms with van der Waals surface area (Å²) in [4.78, 5) is 0. The summed E-state index contributed by atoms with van der Waals surface area (Å²) in [6, 6.07) is 0. The van der Waals surface area contributed by atoms with Crippen molar-refractivity contribution in [1.82, 2.24) is 0 Å². The van der Waals surface area contributed by atoms with Crippen molar-refractivity contribution in [2.24, 2.45) is 0 Å². The Morgan fingerprint density at radius 2 is 1.70 bits per heavy atom. The summed E-state index contributed by atoms with van der Waals surface area (Å²) in [5.74, 6) is -18.1. The van der Waals surface area contributed by atoms with Gasteiger partial charge in [0.1, 0.15) is 18.8 Å². The lowest BCUT2D eigenvalue weighted by Crippen LogP contribution is -2.59. The van der Waals surface area contributed by atoms with Gasteiger partial charge in [0.2, 0.25) is 0 Å². The molecule has 2 atom stereocenters. The lowest BCUT2D eigenvalue weighted by Gasteiger charge is -2.32. The van der Waals surface area contributed by atoms with Crippen molar-refractivity contribution >= 4 is 0 Å². The highest BCUT2D eigenvalue weighted by Gasteiger charge is 2.75. The van der Waals surface area contributed by atoms with Crippen molar-refractivity contribution in [2.75, 3.05) is 33.0 Å². The summed E-state index contributed by atoms with van der Waals surface area (Å²) in [6.07, 6.45) is -6.39. The van der Waals surface area contributed by atoms with E-state index in [1.54, 1.807) is 0 Å². The van der Waals surface area contributed by atoms with E-state index in [9.17, 15) is 35.1 Å². The molecule has 0 aliphatic carbocycles. The fourth-order valence-electron chi connectivity index (χ4n) is 1.35. The molecule has 0 saturated carbocycles. The van der Waals surface area contributed by atoms with Gasteiger partial charge in [0.05, 0.1) is 26.4 Å². The Labute approximate surface area is 125 Å². The maximum Gasteiger partial charge on any atom is 0.380 e. The molecule has 23 heavy (non-hydrogen) atoms. The van der Waals surface area contributed by atoms with Gasteiger partial charge in [0, 0.05) is 0 Å². The van der Waals surface area contributed by atoms with E-state index in [-0.39, 0.29) is 12.7 Å². The van der Waals surface area contributed by atoms with Gasteiger partial charge in [0.25, 0.3) is 0 Å². The maximum absolute atomic E-state index is 13.1. The van der Waals surface area contributed by atoms with Crippen LogP contribution in [-0.2, 0) is 14.2 Å². The molecule has 0 radical (unpaired) electrons. The molecule has 1 aliphatic heterocycles. The molecule has 1 aliphatic rings. The largest absolute Gasteiger partial charge is 0.394 e. The van der Waals surface area contributed by atoms with Crippen LogP contribution in [0.25, 0.3) is 0 Å².